The van der Waals surface area contributed by atoms with Gasteiger partial charge in [0.2, 0.25) is 5.91 Å². The number of rotatable bonds is 3. The van der Waals surface area contributed by atoms with Crippen LogP contribution in [0.25, 0.3) is 0 Å². The van der Waals surface area contributed by atoms with Crippen molar-refractivity contribution >= 4 is 5.91 Å². The van der Waals surface area contributed by atoms with Crippen LogP contribution in [0.15, 0.2) is 6.20 Å². The monoisotopic (exact) mass is 287 g/mol. The van der Waals surface area contributed by atoms with Crippen LogP contribution in [0, 0.1) is 0 Å². The van der Waals surface area contributed by atoms with Crippen molar-refractivity contribution in [3.8, 4) is 0 Å². The number of aliphatic hydroxyl groups is 3. The smallest absolute Gasteiger partial charge is 0.217 e. The number of ether oxygens (including phenoxy) is 1. The minimum absolute atomic E-state index is 0.274. The second-order valence-corrected chi connectivity index (χ2v) is 4.61. The number of amides is 1. The van der Waals surface area contributed by atoms with Gasteiger partial charge in [0.25, 0.3) is 0 Å². The third-order valence-corrected chi connectivity index (χ3v) is 3.12. The number of nitrogens with zero attached hydrogens (tertiary/aromatic N) is 3. The number of nitrogen functional groups attached to an aromatic ring is 1. The van der Waals surface area contributed by atoms with Crippen molar-refractivity contribution in [3.63, 3.8) is 0 Å². The highest BCUT2D eigenvalue weighted by molar-refractivity contribution is 5.73. The summed E-state index contributed by atoms with van der Waals surface area (Å²) in [5, 5.41) is 38.9. The van der Waals surface area contributed by atoms with Gasteiger partial charge in [0.1, 0.15) is 30.1 Å². The SMILES string of the molecule is CC(=O)N[C@@H]1[C@@H](O)[C@@H](O)[C@@H](CO)O[C@@H]1c1cn(N)nn1. The number of hydrogen-bond acceptors (Lipinski definition) is 8. The average Bonchev–Trinajstić information content (AvgIpc) is 2.81. The van der Waals surface area contributed by atoms with E-state index in [2.05, 4.69) is 15.6 Å². The van der Waals surface area contributed by atoms with Gasteiger partial charge >= 0.3 is 0 Å². The van der Waals surface area contributed by atoms with Crippen LogP contribution in [0.4, 0.5) is 0 Å². The van der Waals surface area contributed by atoms with E-state index < -0.39 is 43.0 Å². The minimum Gasteiger partial charge on any atom is -0.394 e. The zero-order chi connectivity index (χ0) is 14.9. The first kappa shape index (κ1) is 14.7. The first-order chi connectivity index (χ1) is 9.43. The molecule has 0 saturated carbocycles. The minimum atomic E-state index is -1.33. The van der Waals surface area contributed by atoms with E-state index in [4.69, 9.17) is 15.7 Å². The molecule has 20 heavy (non-hydrogen) atoms. The fourth-order valence-electron chi connectivity index (χ4n) is 2.19. The van der Waals surface area contributed by atoms with E-state index in [1.807, 2.05) is 0 Å². The summed E-state index contributed by atoms with van der Waals surface area (Å²) in [6, 6.07) is -0.929. The normalized spacial score (nSPS) is 33.9. The highest BCUT2D eigenvalue weighted by Gasteiger charge is 2.46. The molecule has 2 heterocycles. The van der Waals surface area contributed by atoms with Crippen molar-refractivity contribution in [1.29, 1.82) is 0 Å². The third-order valence-electron chi connectivity index (χ3n) is 3.12. The number of nitrogens with two attached hydrogens (primary N) is 1. The van der Waals surface area contributed by atoms with Gasteiger partial charge in [-0.25, -0.2) is 0 Å². The predicted molar refractivity (Wildman–Crippen MR) is 64.5 cm³/mol. The van der Waals surface area contributed by atoms with Gasteiger partial charge in [-0.1, -0.05) is 0 Å². The van der Waals surface area contributed by atoms with Crippen LogP contribution in [0.1, 0.15) is 18.7 Å². The van der Waals surface area contributed by atoms with Crippen molar-refractivity contribution in [2.75, 3.05) is 12.4 Å². The molecular weight excluding hydrogens is 270 g/mol. The van der Waals surface area contributed by atoms with Gasteiger partial charge in [-0.3, -0.25) is 4.79 Å². The second kappa shape index (κ2) is 5.71. The quantitative estimate of drug-likeness (QED) is 0.361. The number of carbonyl (C=O) groups excluding carboxylic acids is 1. The fourth-order valence-corrected chi connectivity index (χ4v) is 2.19. The third kappa shape index (κ3) is 2.72. The van der Waals surface area contributed by atoms with Gasteiger partial charge in [0.05, 0.1) is 18.8 Å². The molecule has 1 amide bonds. The Morgan fingerprint density at radius 3 is 2.75 bits per heavy atom. The molecule has 0 radical (unpaired) electrons. The molecule has 10 nitrogen and oxygen atoms in total. The average molecular weight is 287 g/mol. The summed E-state index contributed by atoms with van der Waals surface area (Å²) < 4.78 is 5.49. The Morgan fingerprint density at radius 1 is 1.55 bits per heavy atom. The first-order valence-corrected chi connectivity index (χ1v) is 6.01. The van der Waals surface area contributed by atoms with E-state index in [1.54, 1.807) is 0 Å². The molecule has 0 aromatic carbocycles. The van der Waals surface area contributed by atoms with Gasteiger partial charge < -0.3 is 31.2 Å². The van der Waals surface area contributed by atoms with Crippen molar-refractivity contribution in [1.82, 2.24) is 20.4 Å². The lowest BCUT2D eigenvalue weighted by Crippen LogP contribution is -2.60. The Morgan fingerprint density at radius 2 is 2.25 bits per heavy atom. The van der Waals surface area contributed by atoms with Crippen molar-refractivity contribution in [3.05, 3.63) is 11.9 Å². The van der Waals surface area contributed by atoms with E-state index in [9.17, 15) is 15.0 Å². The van der Waals surface area contributed by atoms with Crippen LogP contribution in [-0.2, 0) is 9.53 Å². The number of aromatic nitrogens is 3. The Hall–Kier alpha value is -1.75. The Balaban J connectivity index is 2.30. The lowest BCUT2D eigenvalue weighted by atomic mass is 9.91. The highest BCUT2D eigenvalue weighted by Crippen LogP contribution is 2.31. The predicted octanol–water partition coefficient (Wildman–Crippen LogP) is -3.35. The molecule has 0 spiro atoms. The molecule has 1 aromatic rings. The van der Waals surface area contributed by atoms with E-state index in [1.165, 1.54) is 13.1 Å². The number of carbonyl (C=O) groups is 1. The van der Waals surface area contributed by atoms with Crippen molar-refractivity contribution in [2.45, 2.75) is 37.4 Å². The lowest BCUT2D eigenvalue weighted by molar-refractivity contribution is -0.198. The maximum Gasteiger partial charge on any atom is 0.217 e. The summed E-state index contributed by atoms with van der Waals surface area (Å²) >= 11 is 0. The molecule has 5 atom stereocenters. The number of hydrogen-bond donors (Lipinski definition) is 5. The van der Waals surface area contributed by atoms with E-state index in [-0.39, 0.29) is 5.69 Å². The molecule has 6 N–H and O–H groups in total. The highest BCUT2D eigenvalue weighted by atomic mass is 16.5. The van der Waals surface area contributed by atoms with Gasteiger partial charge in [-0.2, -0.15) is 4.79 Å². The van der Waals surface area contributed by atoms with Gasteiger partial charge in [-0.15, -0.1) is 5.10 Å². The Kier molecular flexibility index (Phi) is 4.18. The van der Waals surface area contributed by atoms with Gasteiger partial charge in [0, 0.05) is 6.92 Å². The number of nitrogens with one attached hydrogen (secondary N) is 1. The first-order valence-electron chi connectivity index (χ1n) is 6.01. The Labute approximate surface area is 114 Å². The topological polar surface area (TPSA) is 156 Å². The summed E-state index contributed by atoms with van der Waals surface area (Å²) in [6.45, 7) is 0.784. The summed E-state index contributed by atoms with van der Waals surface area (Å²) in [4.78, 5) is 12.2. The van der Waals surface area contributed by atoms with Crippen LogP contribution < -0.4 is 11.2 Å². The van der Waals surface area contributed by atoms with Crippen LogP contribution in [0.5, 0.6) is 0 Å². The summed E-state index contributed by atoms with van der Waals surface area (Å²) in [5.41, 5.74) is 0.274. The summed E-state index contributed by atoms with van der Waals surface area (Å²) in [7, 11) is 0. The maximum absolute atomic E-state index is 11.2. The standard InChI is InChI=1S/C10H17N5O5/c1-4(17)12-7-9(19)8(18)6(3-16)20-10(7)5-2-15(11)14-13-5/h2,6-10,16,18-19H,3,11H2,1H3,(H,12,17)/t6-,7-,8+,9-,10-/m1/s1. The van der Waals surface area contributed by atoms with E-state index in [0.717, 1.165) is 4.79 Å². The van der Waals surface area contributed by atoms with Crippen molar-refractivity contribution < 1.29 is 24.9 Å². The van der Waals surface area contributed by atoms with Gasteiger partial charge in [-0.05, 0) is 5.21 Å². The molecule has 112 valence electrons. The summed E-state index contributed by atoms with van der Waals surface area (Å²) in [6.07, 6.45) is -3.17. The van der Waals surface area contributed by atoms with Crippen LogP contribution in [-0.4, -0.2) is 67.3 Å². The molecule has 0 unspecified atom stereocenters. The van der Waals surface area contributed by atoms with Crippen LogP contribution in [0.2, 0.25) is 0 Å². The molecule has 1 saturated heterocycles. The van der Waals surface area contributed by atoms with Crippen LogP contribution >= 0.6 is 0 Å². The molecule has 2 rings (SSSR count). The Bertz CT molecular complexity index is 480. The zero-order valence-corrected chi connectivity index (χ0v) is 10.7. The number of aliphatic hydroxyl groups excluding tert-OH is 3. The second-order valence-electron chi connectivity index (χ2n) is 4.61. The van der Waals surface area contributed by atoms with Crippen LogP contribution in [0.3, 0.4) is 0 Å². The molecular formula is C10H17N5O5. The summed E-state index contributed by atoms with van der Waals surface area (Å²) in [5.74, 6) is 4.99. The van der Waals surface area contributed by atoms with E-state index in [0.29, 0.717) is 0 Å². The molecule has 10 heteroatoms. The molecule has 1 fully saturated rings. The van der Waals surface area contributed by atoms with Crippen molar-refractivity contribution in [2.24, 2.45) is 0 Å². The maximum atomic E-state index is 11.2. The lowest BCUT2D eigenvalue weighted by Gasteiger charge is -2.41. The molecule has 0 bridgehead atoms. The molecule has 0 aliphatic carbocycles. The molecule has 1 aromatic heterocycles. The fraction of sp³-hybridized carbons (Fsp3) is 0.700. The van der Waals surface area contributed by atoms with Gasteiger partial charge in [0.15, 0.2) is 0 Å². The molecule has 1 aliphatic heterocycles. The zero-order valence-electron chi connectivity index (χ0n) is 10.7. The largest absolute Gasteiger partial charge is 0.394 e. The van der Waals surface area contributed by atoms with E-state index >= 15 is 0 Å². The molecule has 1 aliphatic rings.